The van der Waals surface area contributed by atoms with E-state index in [1.807, 2.05) is 43.3 Å². The molecule has 0 saturated carbocycles. The first-order chi connectivity index (χ1) is 18.7. The number of nitrogens with one attached hydrogen (secondary N) is 3. The van der Waals surface area contributed by atoms with Crippen molar-refractivity contribution in [2.24, 2.45) is 0 Å². The molecule has 1 aliphatic heterocycles. The van der Waals surface area contributed by atoms with Crippen LogP contribution in [-0.2, 0) is 4.79 Å². The summed E-state index contributed by atoms with van der Waals surface area (Å²) >= 11 is 0. The SMILES string of the molecule is CNc1cc(-c2ccc3nc(Nc4cc(C(C)N5CCN(C(=O)CC(F)(F)F)CC5)ccn4)[nH]c3c2)ncn1. The van der Waals surface area contributed by atoms with Crippen LogP contribution in [0.5, 0.6) is 0 Å². The number of amides is 1. The number of rotatable bonds is 7. The van der Waals surface area contributed by atoms with Crippen molar-refractivity contribution in [3.63, 3.8) is 0 Å². The monoisotopic (exact) mass is 539 g/mol. The van der Waals surface area contributed by atoms with E-state index in [4.69, 9.17) is 0 Å². The molecule has 1 fully saturated rings. The van der Waals surface area contributed by atoms with Crippen molar-refractivity contribution in [2.75, 3.05) is 43.9 Å². The van der Waals surface area contributed by atoms with Crippen LogP contribution < -0.4 is 10.6 Å². The minimum atomic E-state index is -4.49. The number of pyridine rings is 1. The van der Waals surface area contributed by atoms with E-state index >= 15 is 0 Å². The molecule has 3 N–H and O–H groups in total. The third-order valence-corrected chi connectivity index (χ3v) is 6.78. The highest BCUT2D eigenvalue weighted by atomic mass is 19.4. The average molecular weight is 540 g/mol. The third kappa shape index (κ3) is 6.25. The molecular formula is C26H28F3N9O. The summed E-state index contributed by atoms with van der Waals surface area (Å²) in [6.45, 7) is 3.54. The standard InChI is InChI=1S/C26H28F3N9O/c1-16(37-7-9-38(10-8-37)24(39)14-26(27,28)29)17-5-6-31-23(12-17)36-25-34-19-4-3-18(11-21(19)35-25)20-13-22(30-2)33-15-32-20/h3-6,11-13,15-16H,7-10,14H2,1-2H3,(H,30,32,33)(H2,31,34,35,36). The van der Waals surface area contributed by atoms with E-state index in [-0.39, 0.29) is 19.1 Å². The number of imidazole rings is 1. The number of carbonyl (C=O) groups is 1. The molecule has 0 spiro atoms. The Morgan fingerprint density at radius 3 is 2.59 bits per heavy atom. The number of fused-ring (bicyclic) bond motifs is 1. The van der Waals surface area contributed by atoms with E-state index in [0.29, 0.717) is 24.9 Å². The van der Waals surface area contributed by atoms with Crippen LogP contribution in [-0.4, -0.2) is 80.0 Å². The van der Waals surface area contributed by atoms with Crippen LogP contribution in [0.3, 0.4) is 0 Å². The molecule has 1 amide bonds. The van der Waals surface area contributed by atoms with Crippen molar-refractivity contribution in [3.05, 3.63) is 54.5 Å². The van der Waals surface area contributed by atoms with E-state index in [1.165, 1.54) is 11.2 Å². The smallest absolute Gasteiger partial charge is 0.373 e. The van der Waals surface area contributed by atoms with Gasteiger partial charge in [-0.2, -0.15) is 13.2 Å². The second-order valence-electron chi connectivity index (χ2n) is 9.34. The molecule has 0 radical (unpaired) electrons. The maximum atomic E-state index is 12.6. The molecule has 10 nitrogen and oxygen atoms in total. The van der Waals surface area contributed by atoms with Gasteiger partial charge in [-0.15, -0.1) is 0 Å². The Morgan fingerprint density at radius 1 is 1.05 bits per heavy atom. The summed E-state index contributed by atoms with van der Waals surface area (Å²) in [5.41, 5.74) is 4.32. The maximum absolute atomic E-state index is 12.6. The van der Waals surface area contributed by atoms with Crippen LogP contribution >= 0.6 is 0 Å². The second kappa shape index (κ2) is 10.8. The van der Waals surface area contributed by atoms with Crippen LogP contribution in [0.15, 0.2) is 48.9 Å². The van der Waals surface area contributed by atoms with E-state index in [0.717, 1.165) is 33.7 Å². The van der Waals surface area contributed by atoms with E-state index in [1.54, 1.807) is 13.2 Å². The summed E-state index contributed by atoms with van der Waals surface area (Å²) in [7, 11) is 1.80. The lowest BCUT2D eigenvalue weighted by molar-refractivity contribution is -0.162. The number of carbonyl (C=O) groups excluding carboxylic acids is 1. The number of hydrogen-bond acceptors (Lipinski definition) is 8. The topological polar surface area (TPSA) is 115 Å². The van der Waals surface area contributed by atoms with Crippen molar-refractivity contribution in [1.82, 2.24) is 34.7 Å². The Bertz CT molecular complexity index is 1460. The highest BCUT2D eigenvalue weighted by Gasteiger charge is 2.35. The number of hydrogen-bond donors (Lipinski definition) is 3. The Kier molecular flexibility index (Phi) is 7.33. The molecular weight excluding hydrogens is 511 g/mol. The normalized spacial score (nSPS) is 15.4. The van der Waals surface area contributed by atoms with Gasteiger partial charge < -0.3 is 20.5 Å². The number of H-pyrrole nitrogens is 1. The molecule has 1 atom stereocenters. The molecule has 4 heterocycles. The van der Waals surface area contributed by atoms with Gasteiger partial charge in [-0.25, -0.2) is 19.9 Å². The number of alkyl halides is 3. The summed E-state index contributed by atoms with van der Waals surface area (Å²) in [5.74, 6) is 0.994. The zero-order chi connectivity index (χ0) is 27.6. The quantitative estimate of drug-likeness (QED) is 0.318. The Balaban J connectivity index is 1.25. The minimum absolute atomic E-state index is 0.0120. The number of aromatic nitrogens is 5. The Morgan fingerprint density at radius 2 is 1.85 bits per heavy atom. The van der Waals surface area contributed by atoms with Crippen LogP contribution in [0.1, 0.15) is 24.9 Å². The lowest BCUT2D eigenvalue weighted by Gasteiger charge is -2.38. The first kappa shape index (κ1) is 26.4. The summed E-state index contributed by atoms with van der Waals surface area (Å²) in [4.78, 5) is 36.1. The summed E-state index contributed by atoms with van der Waals surface area (Å²) in [6, 6.07) is 11.5. The molecule has 1 aromatic carbocycles. The fraction of sp³-hybridized carbons (Fsp3) is 0.346. The van der Waals surface area contributed by atoms with Gasteiger partial charge in [0.05, 0.1) is 16.7 Å². The number of benzene rings is 1. The predicted octanol–water partition coefficient (Wildman–Crippen LogP) is 4.36. The molecule has 1 aliphatic rings. The van der Waals surface area contributed by atoms with E-state index in [2.05, 4.69) is 40.5 Å². The fourth-order valence-corrected chi connectivity index (χ4v) is 4.63. The molecule has 3 aromatic heterocycles. The van der Waals surface area contributed by atoms with Gasteiger partial charge in [0.25, 0.3) is 0 Å². The largest absolute Gasteiger partial charge is 0.397 e. The summed E-state index contributed by atoms with van der Waals surface area (Å²) in [6.07, 6.45) is -2.69. The third-order valence-electron chi connectivity index (χ3n) is 6.78. The summed E-state index contributed by atoms with van der Waals surface area (Å²) < 4.78 is 37.7. The molecule has 5 rings (SSSR count). The molecule has 0 aliphatic carbocycles. The molecule has 13 heteroatoms. The van der Waals surface area contributed by atoms with Gasteiger partial charge in [0.15, 0.2) is 0 Å². The predicted molar refractivity (Wildman–Crippen MR) is 141 cm³/mol. The van der Waals surface area contributed by atoms with E-state index in [9.17, 15) is 18.0 Å². The number of piperazine rings is 1. The Hall–Kier alpha value is -4.26. The van der Waals surface area contributed by atoms with Gasteiger partial charge in [0.1, 0.15) is 24.4 Å². The van der Waals surface area contributed by atoms with Crippen LogP contribution in [0.2, 0.25) is 0 Å². The zero-order valence-electron chi connectivity index (χ0n) is 21.5. The van der Waals surface area contributed by atoms with Gasteiger partial charge in [0, 0.05) is 57.1 Å². The van der Waals surface area contributed by atoms with Gasteiger partial charge in [0.2, 0.25) is 11.9 Å². The van der Waals surface area contributed by atoms with Crippen molar-refractivity contribution in [1.29, 1.82) is 0 Å². The van der Waals surface area contributed by atoms with Crippen LogP contribution in [0.4, 0.5) is 30.8 Å². The molecule has 4 aromatic rings. The fourth-order valence-electron chi connectivity index (χ4n) is 4.63. The molecule has 204 valence electrons. The highest BCUT2D eigenvalue weighted by Crippen LogP contribution is 2.27. The number of anilines is 3. The average Bonchev–Trinajstić information content (AvgIpc) is 3.33. The molecule has 39 heavy (non-hydrogen) atoms. The van der Waals surface area contributed by atoms with Crippen molar-refractivity contribution in [3.8, 4) is 11.3 Å². The zero-order valence-corrected chi connectivity index (χ0v) is 21.5. The van der Waals surface area contributed by atoms with Gasteiger partial charge in [-0.3, -0.25) is 9.69 Å². The van der Waals surface area contributed by atoms with Gasteiger partial charge >= 0.3 is 6.18 Å². The lowest BCUT2D eigenvalue weighted by atomic mass is 10.1. The number of nitrogens with zero attached hydrogens (tertiary/aromatic N) is 6. The second-order valence-corrected chi connectivity index (χ2v) is 9.34. The maximum Gasteiger partial charge on any atom is 0.397 e. The Labute approximate surface area is 222 Å². The minimum Gasteiger partial charge on any atom is -0.373 e. The molecule has 1 saturated heterocycles. The number of halogens is 3. The molecule has 0 bridgehead atoms. The lowest BCUT2D eigenvalue weighted by Crippen LogP contribution is -2.50. The van der Waals surface area contributed by atoms with Crippen LogP contribution in [0, 0.1) is 0 Å². The van der Waals surface area contributed by atoms with Crippen molar-refractivity contribution < 1.29 is 18.0 Å². The van der Waals surface area contributed by atoms with Gasteiger partial charge in [-0.1, -0.05) is 6.07 Å². The van der Waals surface area contributed by atoms with Crippen molar-refractivity contribution in [2.45, 2.75) is 25.6 Å². The first-order valence-corrected chi connectivity index (χ1v) is 12.5. The number of aromatic amines is 1. The highest BCUT2D eigenvalue weighted by molar-refractivity contribution is 5.83. The first-order valence-electron chi connectivity index (χ1n) is 12.5. The van der Waals surface area contributed by atoms with Crippen LogP contribution in [0.25, 0.3) is 22.3 Å². The molecule has 1 unspecified atom stereocenters. The van der Waals surface area contributed by atoms with Gasteiger partial charge in [-0.05, 0) is 36.8 Å². The van der Waals surface area contributed by atoms with E-state index < -0.39 is 18.5 Å². The van der Waals surface area contributed by atoms with Crippen molar-refractivity contribution >= 4 is 34.5 Å². The summed E-state index contributed by atoms with van der Waals surface area (Å²) in [5, 5.41) is 6.23.